The van der Waals surface area contributed by atoms with Gasteiger partial charge in [-0.25, -0.2) is 9.65 Å². The van der Waals surface area contributed by atoms with Crippen LogP contribution in [0.25, 0.3) is 33.4 Å². The number of aryl methyl sites for hydroxylation is 1. The van der Waals surface area contributed by atoms with E-state index in [1.54, 1.807) is 25.4 Å². The number of hydrogen-bond acceptors (Lipinski definition) is 6. The largest absolute Gasteiger partial charge is 0.493 e. The van der Waals surface area contributed by atoms with Gasteiger partial charge in [0.1, 0.15) is 22.9 Å². The summed E-state index contributed by atoms with van der Waals surface area (Å²) in [5, 5.41) is 9.82. The fraction of sp³-hybridized carbons (Fsp3) is 0.222. The van der Waals surface area contributed by atoms with Crippen LogP contribution in [0, 0.1) is 24.6 Å². The summed E-state index contributed by atoms with van der Waals surface area (Å²) in [7, 11) is 1.56. The van der Waals surface area contributed by atoms with Gasteiger partial charge in [0, 0.05) is 48.3 Å². The summed E-state index contributed by atoms with van der Waals surface area (Å²) < 4.78 is 25.7. The standard InChI is InChI=1S/C35H31FN2O4.CHN/c1-4-41-30-17-21(2)25(19-26(30)28(39)20-35(14-15-35)31-7-5-6-16-38-31)23-10-13-29-27(18-23)32(34(40)37-3)33(42-29)22-8-11-24(36)12-9-22;1-2/h5-13,16-19H,4,14-15,20H2,1-3H3,(H,37,40);1H. The second-order valence-electron chi connectivity index (χ2n) is 10.8. The number of Topliss-reactive ketones (excluding diaryl/α,β-unsaturated/α-hetero) is 1. The van der Waals surface area contributed by atoms with Crippen LogP contribution in [0.5, 0.6) is 5.75 Å². The number of fused-ring (bicyclic) bond motifs is 1. The van der Waals surface area contributed by atoms with E-state index >= 15 is 0 Å². The number of nitrogens with zero attached hydrogens (tertiary/aromatic N) is 2. The summed E-state index contributed by atoms with van der Waals surface area (Å²) in [4.78, 5) is 31.4. The Hall–Kier alpha value is -5.29. The van der Waals surface area contributed by atoms with Crippen molar-refractivity contribution in [3.8, 4) is 34.8 Å². The molecule has 222 valence electrons. The van der Waals surface area contributed by atoms with Gasteiger partial charge in [-0.15, -0.1) is 0 Å². The Morgan fingerprint density at radius 3 is 2.41 bits per heavy atom. The van der Waals surface area contributed by atoms with Crippen molar-refractivity contribution in [2.75, 3.05) is 13.7 Å². The molecule has 1 saturated carbocycles. The number of nitrogens with one attached hydrogen (secondary N) is 1. The highest BCUT2D eigenvalue weighted by atomic mass is 19.1. The highest BCUT2D eigenvalue weighted by molar-refractivity contribution is 6.12. The van der Waals surface area contributed by atoms with Crippen LogP contribution in [0.15, 0.2) is 83.4 Å². The van der Waals surface area contributed by atoms with Crippen LogP contribution >= 0.6 is 0 Å². The van der Waals surface area contributed by atoms with E-state index in [2.05, 4.69) is 16.9 Å². The normalized spacial score (nSPS) is 13.0. The highest BCUT2D eigenvalue weighted by Gasteiger charge is 2.47. The first-order valence-electron chi connectivity index (χ1n) is 14.4. The third-order valence-corrected chi connectivity index (χ3v) is 8.05. The zero-order valence-electron chi connectivity index (χ0n) is 24.8. The first kappa shape index (κ1) is 30.2. The molecule has 2 heterocycles. The minimum Gasteiger partial charge on any atom is -0.493 e. The zero-order valence-corrected chi connectivity index (χ0v) is 24.8. The van der Waals surface area contributed by atoms with Gasteiger partial charge in [-0.2, -0.15) is 0 Å². The number of halogens is 1. The number of rotatable bonds is 9. The minimum absolute atomic E-state index is 0.0110. The third kappa shape index (κ3) is 5.69. The number of carbonyl (C=O) groups excluding carboxylic acids is 2. The Morgan fingerprint density at radius 1 is 1.05 bits per heavy atom. The van der Waals surface area contributed by atoms with Crippen LogP contribution in [0.2, 0.25) is 0 Å². The maximum atomic E-state index is 13.8. The maximum absolute atomic E-state index is 13.8. The first-order valence-corrected chi connectivity index (χ1v) is 14.4. The molecule has 0 atom stereocenters. The topological polar surface area (TPSA) is 105 Å². The molecule has 0 radical (unpaired) electrons. The maximum Gasteiger partial charge on any atom is 0.255 e. The molecule has 7 nitrogen and oxygen atoms in total. The van der Waals surface area contributed by atoms with Gasteiger partial charge in [0.15, 0.2) is 5.78 Å². The summed E-state index contributed by atoms with van der Waals surface area (Å²) in [6.07, 6.45) is 3.98. The van der Waals surface area contributed by atoms with Crippen molar-refractivity contribution in [1.82, 2.24) is 10.3 Å². The molecule has 44 heavy (non-hydrogen) atoms. The van der Waals surface area contributed by atoms with Gasteiger partial charge in [-0.1, -0.05) is 12.1 Å². The van der Waals surface area contributed by atoms with Gasteiger partial charge in [0.25, 0.3) is 5.91 Å². The molecule has 0 aliphatic heterocycles. The fourth-order valence-electron chi connectivity index (χ4n) is 5.66. The molecule has 8 heteroatoms. The van der Waals surface area contributed by atoms with Gasteiger partial charge in [-0.05, 0) is 104 Å². The van der Waals surface area contributed by atoms with E-state index in [4.69, 9.17) is 14.4 Å². The highest BCUT2D eigenvalue weighted by Crippen LogP contribution is 2.51. The molecular formula is C36H32FN3O4. The lowest BCUT2D eigenvalue weighted by molar-refractivity contribution is 0.0956. The zero-order chi connectivity index (χ0) is 31.4. The molecule has 1 amide bonds. The summed E-state index contributed by atoms with van der Waals surface area (Å²) in [5.41, 5.74) is 5.37. The number of carbonyl (C=O) groups is 2. The quantitative estimate of drug-likeness (QED) is 0.176. The molecule has 1 aliphatic rings. The van der Waals surface area contributed by atoms with Crippen LogP contribution in [-0.4, -0.2) is 30.3 Å². The van der Waals surface area contributed by atoms with E-state index in [1.165, 1.54) is 12.1 Å². The Balaban J connectivity index is 0.00000188. The molecule has 0 saturated heterocycles. The molecule has 2 aromatic heterocycles. The summed E-state index contributed by atoms with van der Waals surface area (Å²) in [6.45, 7) is 7.82. The number of aromatic nitrogens is 1. The lowest BCUT2D eigenvalue weighted by Crippen LogP contribution is -2.18. The van der Waals surface area contributed by atoms with Gasteiger partial charge in [0.2, 0.25) is 0 Å². The molecule has 5 aromatic rings. The monoisotopic (exact) mass is 589 g/mol. The molecule has 0 spiro atoms. The van der Waals surface area contributed by atoms with Crippen LogP contribution in [-0.2, 0) is 5.41 Å². The van der Waals surface area contributed by atoms with Crippen molar-refractivity contribution in [3.05, 3.63) is 107 Å². The predicted molar refractivity (Wildman–Crippen MR) is 167 cm³/mol. The van der Waals surface area contributed by atoms with E-state index in [0.29, 0.717) is 52.2 Å². The fourth-order valence-corrected chi connectivity index (χ4v) is 5.66. The van der Waals surface area contributed by atoms with E-state index < -0.39 is 0 Å². The second kappa shape index (κ2) is 12.5. The SMILES string of the molecule is C#N.CCOc1cc(C)c(-c2ccc3oc(-c4ccc(F)cc4)c(C(=O)NC)c3c2)cc1C(=O)CC1(c2ccccn2)CC1. The Labute approximate surface area is 255 Å². The number of furan rings is 1. The summed E-state index contributed by atoms with van der Waals surface area (Å²) in [5.74, 6) is 0.257. The van der Waals surface area contributed by atoms with E-state index in [0.717, 1.165) is 35.2 Å². The van der Waals surface area contributed by atoms with Crippen molar-refractivity contribution in [3.63, 3.8) is 0 Å². The summed E-state index contributed by atoms with van der Waals surface area (Å²) >= 11 is 0. The van der Waals surface area contributed by atoms with Crippen molar-refractivity contribution >= 4 is 22.7 Å². The Bertz CT molecular complexity index is 1860. The average molecular weight is 590 g/mol. The number of benzene rings is 3. The minimum atomic E-state index is -0.373. The first-order chi connectivity index (χ1) is 21.3. The Morgan fingerprint density at radius 2 is 1.77 bits per heavy atom. The molecule has 0 unspecified atom stereocenters. The van der Waals surface area contributed by atoms with Gasteiger partial charge in [-0.3, -0.25) is 14.6 Å². The van der Waals surface area contributed by atoms with E-state index in [1.807, 2.05) is 62.4 Å². The lowest BCUT2D eigenvalue weighted by atomic mass is 9.89. The molecular weight excluding hydrogens is 557 g/mol. The van der Waals surface area contributed by atoms with Crippen molar-refractivity contribution < 1.29 is 23.1 Å². The smallest absolute Gasteiger partial charge is 0.255 e. The number of hydrogen-bond donors (Lipinski definition) is 1. The van der Waals surface area contributed by atoms with Crippen molar-refractivity contribution in [2.45, 2.75) is 38.5 Å². The number of ether oxygens (including phenoxy) is 1. The lowest BCUT2D eigenvalue weighted by Gasteiger charge is -2.18. The van der Waals surface area contributed by atoms with Crippen LogP contribution < -0.4 is 10.1 Å². The van der Waals surface area contributed by atoms with E-state index in [-0.39, 0.29) is 22.9 Å². The molecule has 6 rings (SSSR count). The molecule has 1 N–H and O–H groups in total. The van der Waals surface area contributed by atoms with E-state index in [9.17, 15) is 14.0 Å². The Kier molecular flexibility index (Phi) is 8.59. The molecule has 1 fully saturated rings. The van der Waals surface area contributed by atoms with Gasteiger partial charge in [0.05, 0.1) is 17.7 Å². The van der Waals surface area contributed by atoms with Gasteiger partial charge >= 0.3 is 0 Å². The number of nitriles is 1. The van der Waals surface area contributed by atoms with Crippen molar-refractivity contribution in [2.24, 2.45) is 0 Å². The third-order valence-electron chi connectivity index (χ3n) is 8.05. The molecule has 3 aromatic carbocycles. The molecule has 1 aliphatic carbocycles. The number of amides is 1. The summed E-state index contributed by atoms with van der Waals surface area (Å²) in [6, 6.07) is 21.2. The average Bonchev–Trinajstić information content (AvgIpc) is 3.73. The second-order valence-corrected chi connectivity index (χ2v) is 10.8. The molecule has 0 bridgehead atoms. The van der Waals surface area contributed by atoms with Gasteiger partial charge < -0.3 is 14.5 Å². The van der Waals surface area contributed by atoms with Crippen molar-refractivity contribution in [1.29, 1.82) is 5.26 Å². The van der Waals surface area contributed by atoms with Crippen LogP contribution in [0.1, 0.15) is 58.2 Å². The number of pyridine rings is 1. The predicted octanol–water partition coefficient (Wildman–Crippen LogP) is 7.81. The van der Waals surface area contributed by atoms with Crippen LogP contribution in [0.4, 0.5) is 4.39 Å². The number of ketones is 1. The van der Waals surface area contributed by atoms with Crippen LogP contribution in [0.3, 0.4) is 0 Å².